The van der Waals surface area contributed by atoms with Crippen molar-refractivity contribution in [3.63, 3.8) is 0 Å². The molecule has 1 amide bonds. The monoisotopic (exact) mass is 442 g/mol. The van der Waals surface area contributed by atoms with Gasteiger partial charge in [0.15, 0.2) is 6.10 Å². The molecule has 0 aliphatic carbocycles. The summed E-state index contributed by atoms with van der Waals surface area (Å²) in [7, 11) is -3.78. The minimum absolute atomic E-state index is 0.0713. The minimum atomic E-state index is -3.78. The van der Waals surface area contributed by atoms with Gasteiger partial charge < -0.3 is 10.1 Å². The Morgan fingerprint density at radius 3 is 2.26 bits per heavy atom. The van der Waals surface area contributed by atoms with Crippen molar-refractivity contribution in [1.29, 1.82) is 0 Å². The van der Waals surface area contributed by atoms with Gasteiger partial charge in [-0.25, -0.2) is 12.8 Å². The van der Waals surface area contributed by atoms with Gasteiger partial charge in [0.05, 0.1) is 10.6 Å². The highest BCUT2D eigenvalue weighted by molar-refractivity contribution is 7.92. The standard InChI is InChI=1S/C23H23FN2O4S/c1-15-4-5-16(2)22(14-15)26-31(28,29)21-12-8-19(9-13-21)25-23(27)17(3)30-20-10-6-18(24)7-11-20/h4-14,17,26H,1-3H3,(H,25,27)/t17-/m1/s1. The van der Waals surface area contributed by atoms with E-state index >= 15 is 0 Å². The highest BCUT2D eigenvalue weighted by Crippen LogP contribution is 2.22. The van der Waals surface area contributed by atoms with Gasteiger partial charge in [-0.3, -0.25) is 9.52 Å². The molecule has 3 aromatic carbocycles. The van der Waals surface area contributed by atoms with Crippen molar-refractivity contribution in [3.8, 4) is 5.75 Å². The van der Waals surface area contributed by atoms with Crippen LogP contribution in [0.15, 0.2) is 71.6 Å². The van der Waals surface area contributed by atoms with Gasteiger partial charge in [-0.15, -0.1) is 0 Å². The first-order valence-corrected chi connectivity index (χ1v) is 11.1. The van der Waals surface area contributed by atoms with Gasteiger partial charge in [-0.2, -0.15) is 0 Å². The number of amides is 1. The zero-order valence-corrected chi connectivity index (χ0v) is 18.2. The Bertz CT molecular complexity index is 1180. The maximum absolute atomic E-state index is 13.0. The number of sulfonamides is 1. The predicted octanol–water partition coefficient (Wildman–Crippen LogP) is 4.65. The topological polar surface area (TPSA) is 84.5 Å². The molecule has 0 bridgehead atoms. The smallest absolute Gasteiger partial charge is 0.265 e. The van der Waals surface area contributed by atoms with Crippen LogP contribution in [-0.2, 0) is 14.8 Å². The highest BCUT2D eigenvalue weighted by Gasteiger charge is 2.18. The third-order valence-electron chi connectivity index (χ3n) is 4.57. The summed E-state index contributed by atoms with van der Waals surface area (Å²) in [4.78, 5) is 12.4. The summed E-state index contributed by atoms with van der Waals surface area (Å²) in [6.45, 7) is 5.27. The van der Waals surface area contributed by atoms with Gasteiger partial charge in [0.2, 0.25) is 0 Å². The first kappa shape index (κ1) is 22.3. The Morgan fingerprint density at radius 1 is 0.968 bits per heavy atom. The van der Waals surface area contributed by atoms with E-state index in [1.54, 1.807) is 13.0 Å². The zero-order chi connectivity index (χ0) is 22.6. The summed E-state index contributed by atoms with van der Waals surface area (Å²) >= 11 is 0. The lowest BCUT2D eigenvalue weighted by Gasteiger charge is -2.15. The van der Waals surface area contributed by atoms with Gasteiger partial charge in [0.25, 0.3) is 15.9 Å². The molecular weight excluding hydrogens is 419 g/mol. The third-order valence-corrected chi connectivity index (χ3v) is 5.95. The number of carbonyl (C=O) groups is 1. The van der Waals surface area contributed by atoms with E-state index in [0.717, 1.165) is 11.1 Å². The number of rotatable bonds is 7. The van der Waals surface area contributed by atoms with Crippen molar-refractivity contribution >= 4 is 27.3 Å². The molecule has 3 rings (SSSR count). The average molecular weight is 443 g/mol. The maximum Gasteiger partial charge on any atom is 0.265 e. The third kappa shape index (κ3) is 5.82. The van der Waals surface area contributed by atoms with Crippen LogP contribution in [0, 0.1) is 19.7 Å². The number of hydrogen-bond acceptors (Lipinski definition) is 4. The molecule has 0 unspecified atom stereocenters. The molecule has 1 atom stereocenters. The molecule has 162 valence electrons. The fourth-order valence-electron chi connectivity index (χ4n) is 2.78. The number of halogens is 1. The van der Waals surface area contributed by atoms with E-state index < -0.39 is 27.9 Å². The Kier molecular flexibility index (Phi) is 6.60. The van der Waals surface area contributed by atoms with E-state index in [9.17, 15) is 17.6 Å². The van der Waals surface area contributed by atoms with Crippen LogP contribution in [0.2, 0.25) is 0 Å². The summed E-state index contributed by atoms with van der Waals surface area (Å²) in [6.07, 6.45) is -0.833. The van der Waals surface area contributed by atoms with Crippen LogP contribution in [-0.4, -0.2) is 20.4 Å². The Balaban J connectivity index is 1.65. The number of benzene rings is 3. The largest absolute Gasteiger partial charge is 0.481 e. The van der Waals surface area contributed by atoms with Crippen LogP contribution >= 0.6 is 0 Å². The highest BCUT2D eigenvalue weighted by atomic mass is 32.2. The molecular formula is C23H23FN2O4S. The van der Waals surface area contributed by atoms with Crippen LogP contribution in [0.25, 0.3) is 0 Å². The van der Waals surface area contributed by atoms with Gasteiger partial charge in [0, 0.05) is 5.69 Å². The second kappa shape index (κ2) is 9.18. The van der Waals surface area contributed by atoms with Crippen LogP contribution in [0.5, 0.6) is 5.75 Å². The summed E-state index contributed by atoms with van der Waals surface area (Å²) in [5.74, 6) is -0.456. The molecule has 0 saturated heterocycles. The summed E-state index contributed by atoms with van der Waals surface area (Å²) in [5, 5.41) is 2.67. The molecule has 31 heavy (non-hydrogen) atoms. The lowest BCUT2D eigenvalue weighted by atomic mass is 10.1. The molecule has 2 N–H and O–H groups in total. The van der Waals surface area contributed by atoms with E-state index in [-0.39, 0.29) is 4.90 Å². The van der Waals surface area contributed by atoms with Crippen molar-refractivity contribution < 1.29 is 22.3 Å². The first-order chi connectivity index (χ1) is 14.6. The first-order valence-electron chi connectivity index (χ1n) is 9.57. The number of nitrogens with one attached hydrogen (secondary N) is 2. The number of carbonyl (C=O) groups excluding carboxylic acids is 1. The van der Waals surface area contributed by atoms with Crippen molar-refractivity contribution in [2.75, 3.05) is 10.0 Å². The molecule has 0 radical (unpaired) electrons. The van der Waals surface area contributed by atoms with E-state index in [4.69, 9.17) is 4.74 Å². The van der Waals surface area contributed by atoms with E-state index in [1.807, 2.05) is 26.0 Å². The predicted molar refractivity (Wildman–Crippen MR) is 118 cm³/mol. The lowest BCUT2D eigenvalue weighted by molar-refractivity contribution is -0.122. The second-order valence-corrected chi connectivity index (χ2v) is 8.83. The molecule has 8 heteroatoms. The fraction of sp³-hybridized carbons (Fsp3) is 0.174. The molecule has 3 aromatic rings. The van der Waals surface area contributed by atoms with Crippen molar-refractivity contribution in [3.05, 3.63) is 83.7 Å². The van der Waals surface area contributed by atoms with Gasteiger partial charge in [-0.05, 0) is 86.5 Å². The Morgan fingerprint density at radius 2 is 1.61 bits per heavy atom. The lowest BCUT2D eigenvalue weighted by Crippen LogP contribution is -2.30. The second-order valence-electron chi connectivity index (χ2n) is 7.15. The number of aryl methyl sites for hydroxylation is 2. The van der Waals surface area contributed by atoms with Crippen LogP contribution in [0.1, 0.15) is 18.1 Å². The van der Waals surface area contributed by atoms with Crippen LogP contribution in [0.3, 0.4) is 0 Å². The van der Waals surface area contributed by atoms with E-state index in [1.165, 1.54) is 48.5 Å². The molecule has 0 saturated carbocycles. The van der Waals surface area contributed by atoms with Gasteiger partial charge in [0.1, 0.15) is 11.6 Å². The minimum Gasteiger partial charge on any atom is -0.481 e. The van der Waals surface area contributed by atoms with Gasteiger partial charge in [-0.1, -0.05) is 12.1 Å². The Hall–Kier alpha value is -3.39. The molecule has 0 spiro atoms. The fourth-order valence-corrected chi connectivity index (χ4v) is 3.90. The molecule has 6 nitrogen and oxygen atoms in total. The van der Waals surface area contributed by atoms with E-state index in [0.29, 0.717) is 17.1 Å². The average Bonchev–Trinajstić information content (AvgIpc) is 2.72. The quantitative estimate of drug-likeness (QED) is 0.558. The summed E-state index contributed by atoms with van der Waals surface area (Å²) in [5.41, 5.74) is 2.70. The summed E-state index contributed by atoms with van der Waals surface area (Å²) in [6, 6.07) is 16.7. The van der Waals surface area contributed by atoms with Crippen LogP contribution in [0.4, 0.5) is 15.8 Å². The van der Waals surface area contributed by atoms with E-state index in [2.05, 4.69) is 10.0 Å². The number of hydrogen-bond donors (Lipinski definition) is 2. The van der Waals surface area contributed by atoms with Crippen LogP contribution < -0.4 is 14.8 Å². The molecule has 0 aliphatic heterocycles. The zero-order valence-electron chi connectivity index (χ0n) is 17.3. The number of ether oxygens (including phenoxy) is 1. The Labute approximate surface area is 181 Å². The molecule has 0 aliphatic rings. The van der Waals surface area contributed by atoms with Crippen molar-refractivity contribution in [1.82, 2.24) is 0 Å². The molecule has 0 heterocycles. The number of anilines is 2. The normalized spacial score (nSPS) is 12.1. The molecule has 0 aromatic heterocycles. The van der Waals surface area contributed by atoms with Gasteiger partial charge >= 0.3 is 0 Å². The SMILES string of the molecule is Cc1ccc(C)c(NS(=O)(=O)c2ccc(NC(=O)[C@@H](C)Oc3ccc(F)cc3)cc2)c1. The maximum atomic E-state index is 13.0. The summed E-state index contributed by atoms with van der Waals surface area (Å²) < 4.78 is 46.4. The molecule has 0 fully saturated rings. The van der Waals surface area contributed by atoms with Crippen molar-refractivity contribution in [2.24, 2.45) is 0 Å². The van der Waals surface area contributed by atoms with Crippen molar-refractivity contribution in [2.45, 2.75) is 31.8 Å².